The first-order valence-electron chi connectivity index (χ1n) is 8.66. The van der Waals surface area contributed by atoms with Crippen molar-refractivity contribution >= 4 is 18.3 Å². The fourth-order valence-corrected chi connectivity index (χ4v) is 2.80. The van der Waals surface area contributed by atoms with Crippen molar-refractivity contribution in [3.05, 3.63) is 0 Å². The van der Waals surface area contributed by atoms with Crippen molar-refractivity contribution in [3.8, 4) is 0 Å². The van der Waals surface area contributed by atoms with Crippen molar-refractivity contribution in [1.82, 2.24) is 14.7 Å². The number of aldehydes is 1. The lowest BCUT2D eigenvalue weighted by atomic mass is 10.1. The van der Waals surface area contributed by atoms with Crippen molar-refractivity contribution in [2.75, 3.05) is 40.3 Å². The molecule has 1 unspecified atom stereocenters. The van der Waals surface area contributed by atoms with E-state index < -0.39 is 0 Å². The fourth-order valence-electron chi connectivity index (χ4n) is 2.80. The van der Waals surface area contributed by atoms with E-state index in [2.05, 4.69) is 4.74 Å². The second-order valence-electron chi connectivity index (χ2n) is 6.43. The Labute approximate surface area is 144 Å². The predicted octanol–water partition coefficient (Wildman–Crippen LogP) is 1.22. The standard InChI is InChI=1S/C13H23N3O2.C4H8O2/c1-4-14(2)12(9-17)11-8-16(7-10-5-6-10)13(18)15(11)3;1-3-6-4(2)5/h9-12H,4-8H2,1-3H3;3H2,1-2H3/t11?,12-;/m0./s1. The van der Waals surface area contributed by atoms with Crippen LogP contribution in [0.2, 0.25) is 0 Å². The number of urea groups is 1. The van der Waals surface area contributed by atoms with Gasteiger partial charge in [0.2, 0.25) is 0 Å². The van der Waals surface area contributed by atoms with Crippen LogP contribution in [0.1, 0.15) is 33.6 Å². The van der Waals surface area contributed by atoms with Gasteiger partial charge in [-0.25, -0.2) is 4.79 Å². The van der Waals surface area contributed by atoms with Gasteiger partial charge in [0.25, 0.3) is 0 Å². The van der Waals surface area contributed by atoms with Gasteiger partial charge in [-0.2, -0.15) is 0 Å². The molecule has 138 valence electrons. The Balaban J connectivity index is 0.000000413. The lowest BCUT2D eigenvalue weighted by Gasteiger charge is -2.30. The van der Waals surface area contributed by atoms with E-state index in [0.29, 0.717) is 19.1 Å². The van der Waals surface area contributed by atoms with Crippen LogP contribution >= 0.6 is 0 Å². The molecule has 1 heterocycles. The Morgan fingerprint density at radius 3 is 2.42 bits per heavy atom. The lowest BCUT2D eigenvalue weighted by Crippen LogP contribution is -2.49. The highest BCUT2D eigenvalue weighted by atomic mass is 16.5. The van der Waals surface area contributed by atoms with Crippen molar-refractivity contribution in [2.45, 2.75) is 45.7 Å². The van der Waals surface area contributed by atoms with Gasteiger partial charge in [-0.15, -0.1) is 0 Å². The average molecular weight is 341 g/mol. The highest BCUT2D eigenvalue weighted by molar-refractivity contribution is 5.78. The summed E-state index contributed by atoms with van der Waals surface area (Å²) in [6.07, 6.45) is 3.45. The zero-order valence-corrected chi connectivity index (χ0v) is 15.5. The molecule has 24 heavy (non-hydrogen) atoms. The van der Waals surface area contributed by atoms with Crippen LogP contribution in [0.25, 0.3) is 0 Å². The first kappa shape index (κ1) is 20.4. The van der Waals surface area contributed by atoms with Crippen molar-refractivity contribution in [3.63, 3.8) is 0 Å². The molecule has 0 aromatic heterocycles. The van der Waals surface area contributed by atoms with Crippen LogP contribution in [-0.4, -0.2) is 85.4 Å². The van der Waals surface area contributed by atoms with E-state index in [4.69, 9.17) is 0 Å². The van der Waals surface area contributed by atoms with Gasteiger partial charge in [0.15, 0.2) is 0 Å². The van der Waals surface area contributed by atoms with Gasteiger partial charge in [-0.3, -0.25) is 9.69 Å². The molecule has 0 spiro atoms. The van der Waals surface area contributed by atoms with Crippen LogP contribution in [-0.2, 0) is 14.3 Å². The third-order valence-electron chi connectivity index (χ3n) is 4.54. The number of carbonyl (C=O) groups is 3. The molecule has 0 radical (unpaired) electrons. The first-order valence-corrected chi connectivity index (χ1v) is 8.66. The smallest absolute Gasteiger partial charge is 0.320 e. The van der Waals surface area contributed by atoms with Crippen LogP contribution in [0.5, 0.6) is 0 Å². The Morgan fingerprint density at radius 1 is 1.42 bits per heavy atom. The molecule has 7 nitrogen and oxygen atoms in total. The van der Waals surface area contributed by atoms with Gasteiger partial charge in [0.05, 0.1) is 18.7 Å². The summed E-state index contributed by atoms with van der Waals surface area (Å²) >= 11 is 0. The number of hydrogen-bond donors (Lipinski definition) is 0. The Hall–Kier alpha value is -1.63. The quantitative estimate of drug-likeness (QED) is 0.514. The third kappa shape index (κ3) is 5.78. The number of ether oxygens (including phenoxy) is 1. The van der Waals surface area contributed by atoms with Gasteiger partial charge >= 0.3 is 12.0 Å². The van der Waals surface area contributed by atoms with Crippen LogP contribution in [0.15, 0.2) is 0 Å². The molecule has 0 bridgehead atoms. The maximum absolute atomic E-state index is 12.1. The topological polar surface area (TPSA) is 70.2 Å². The summed E-state index contributed by atoms with van der Waals surface area (Å²) in [5.74, 6) is 0.484. The largest absolute Gasteiger partial charge is 0.466 e. The van der Waals surface area contributed by atoms with E-state index in [-0.39, 0.29) is 24.1 Å². The molecule has 0 aromatic rings. The van der Waals surface area contributed by atoms with Gasteiger partial charge < -0.3 is 19.3 Å². The SMILES string of the molecule is CCN(C)[C@@H](C=O)C1CN(CC2CC2)C(=O)N1C.CCOC(C)=O. The van der Waals surface area contributed by atoms with E-state index in [1.165, 1.54) is 19.8 Å². The summed E-state index contributed by atoms with van der Waals surface area (Å²) in [4.78, 5) is 38.9. The van der Waals surface area contributed by atoms with E-state index in [9.17, 15) is 14.4 Å². The van der Waals surface area contributed by atoms with E-state index >= 15 is 0 Å². The highest BCUT2D eigenvalue weighted by Crippen LogP contribution is 2.31. The van der Waals surface area contributed by atoms with E-state index in [1.807, 2.05) is 23.8 Å². The molecule has 7 heteroatoms. The summed E-state index contributed by atoms with van der Waals surface area (Å²) in [5.41, 5.74) is 0. The molecule has 0 aromatic carbocycles. The van der Waals surface area contributed by atoms with E-state index in [1.54, 1.807) is 18.9 Å². The molecule has 1 aliphatic carbocycles. The summed E-state index contributed by atoms with van der Waals surface area (Å²) in [5, 5.41) is 0. The Kier molecular flexibility index (Phi) is 8.18. The molecule has 2 fully saturated rings. The van der Waals surface area contributed by atoms with E-state index in [0.717, 1.165) is 19.4 Å². The number of likely N-dealkylation sites (N-methyl/N-ethyl adjacent to an activating group) is 2. The molecule has 2 aliphatic rings. The first-order chi connectivity index (χ1) is 11.3. The molecular formula is C17H31N3O4. The van der Waals surface area contributed by atoms with Crippen LogP contribution in [0.4, 0.5) is 4.79 Å². The minimum atomic E-state index is -0.211. The van der Waals surface area contributed by atoms with Crippen molar-refractivity contribution in [1.29, 1.82) is 0 Å². The van der Waals surface area contributed by atoms with Crippen LogP contribution < -0.4 is 0 Å². The summed E-state index contributed by atoms with van der Waals surface area (Å²) < 4.78 is 4.40. The number of hydrogen-bond acceptors (Lipinski definition) is 5. The average Bonchev–Trinajstić information content (AvgIpc) is 3.31. The zero-order valence-electron chi connectivity index (χ0n) is 15.5. The van der Waals surface area contributed by atoms with Crippen molar-refractivity contribution < 1.29 is 19.1 Å². The second kappa shape index (κ2) is 9.61. The minimum Gasteiger partial charge on any atom is -0.466 e. The minimum absolute atomic E-state index is 0.0151. The van der Waals surface area contributed by atoms with Crippen LogP contribution in [0.3, 0.4) is 0 Å². The number of rotatable bonds is 7. The maximum atomic E-state index is 12.1. The fraction of sp³-hybridized carbons (Fsp3) is 0.824. The predicted molar refractivity (Wildman–Crippen MR) is 91.7 cm³/mol. The maximum Gasteiger partial charge on any atom is 0.320 e. The van der Waals surface area contributed by atoms with Crippen molar-refractivity contribution in [2.24, 2.45) is 5.92 Å². The molecule has 1 saturated carbocycles. The summed E-state index contributed by atoms with van der Waals surface area (Å²) in [6.45, 7) is 8.03. The van der Waals surface area contributed by atoms with Gasteiger partial charge in [-0.1, -0.05) is 6.92 Å². The molecule has 2 amide bonds. The summed E-state index contributed by atoms with van der Waals surface area (Å²) in [7, 11) is 3.74. The Morgan fingerprint density at radius 2 is 2.04 bits per heavy atom. The normalized spacial score (nSPS) is 21.4. The Bertz CT molecular complexity index is 440. The highest BCUT2D eigenvalue weighted by Gasteiger charge is 2.42. The third-order valence-corrected chi connectivity index (χ3v) is 4.54. The molecule has 0 N–H and O–H groups in total. The second-order valence-corrected chi connectivity index (χ2v) is 6.43. The molecule has 2 atom stereocenters. The molecule has 2 rings (SSSR count). The number of amides is 2. The zero-order chi connectivity index (χ0) is 18.3. The lowest BCUT2D eigenvalue weighted by molar-refractivity contribution is -0.140. The van der Waals surface area contributed by atoms with Crippen LogP contribution in [0, 0.1) is 5.92 Å². The number of nitrogens with zero attached hydrogens (tertiary/aromatic N) is 3. The number of carbonyl (C=O) groups excluding carboxylic acids is 3. The molecule has 1 aliphatic heterocycles. The van der Waals surface area contributed by atoms with Gasteiger partial charge in [0.1, 0.15) is 6.29 Å². The van der Waals surface area contributed by atoms with Gasteiger partial charge in [-0.05, 0) is 39.3 Å². The monoisotopic (exact) mass is 341 g/mol. The molecular weight excluding hydrogens is 310 g/mol. The number of esters is 1. The summed E-state index contributed by atoms with van der Waals surface area (Å²) in [6, 6.07) is -0.143. The molecule has 1 saturated heterocycles. The van der Waals surface area contributed by atoms with Gasteiger partial charge in [0, 0.05) is 27.1 Å².